The van der Waals surface area contributed by atoms with E-state index in [1.165, 1.54) is 5.06 Å². The number of hydroxylamine groups is 4. The topological polar surface area (TPSA) is 102 Å². The third-order valence-electron chi connectivity index (χ3n) is 7.75. The molecule has 0 aromatic rings. The third-order valence-corrected chi connectivity index (χ3v) is 7.75. The van der Waals surface area contributed by atoms with Gasteiger partial charge in [-0.05, 0) is 68.7 Å². The fourth-order valence-corrected chi connectivity index (χ4v) is 5.91. The molecule has 0 aliphatic carbocycles. The van der Waals surface area contributed by atoms with Crippen molar-refractivity contribution in [1.29, 1.82) is 0 Å². The second-order valence-electron chi connectivity index (χ2n) is 13.2. The number of hydrogen-bond acceptors (Lipinski definition) is 7. The molecule has 0 spiro atoms. The van der Waals surface area contributed by atoms with E-state index in [1.54, 1.807) is 12.0 Å². The summed E-state index contributed by atoms with van der Waals surface area (Å²) in [5.74, 6) is -1.09. The molecule has 0 radical (unpaired) electrons. The largest absolute Gasteiger partial charge is 0.461 e. The molecule has 1 atom stereocenters. The monoisotopic (exact) mass is 485 g/mol. The number of hydrogen-bond donors (Lipinski definition) is 1. The number of carbonyl (C=O) groups is 2. The van der Waals surface area contributed by atoms with Gasteiger partial charge in [0.05, 0.1) is 11.1 Å². The van der Waals surface area contributed by atoms with Crippen molar-refractivity contribution in [2.75, 3.05) is 0 Å². The first-order valence-electron chi connectivity index (χ1n) is 12.7. The number of rotatable bonds is 7. The maximum Gasteiger partial charge on any atom is 0.323 e. The van der Waals surface area contributed by atoms with Crippen LogP contribution in [0.5, 0.6) is 0 Å². The predicted octanol–water partition coefficient (Wildman–Crippen LogP) is 4.34. The zero-order valence-corrected chi connectivity index (χ0v) is 23.1. The van der Waals surface area contributed by atoms with Gasteiger partial charge < -0.3 is 19.9 Å². The van der Waals surface area contributed by atoms with Crippen LogP contribution in [0, 0.1) is 5.41 Å². The summed E-state index contributed by atoms with van der Waals surface area (Å²) in [6, 6.07) is 0. The molecule has 198 valence electrons. The van der Waals surface area contributed by atoms with Crippen molar-refractivity contribution < 1.29 is 29.5 Å². The summed E-state index contributed by atoms with van der Waals surface area (Å²) in [6.07, 6.45) is 3.14. The van der Waals surface area contributed by atoms with E-state index in [1.807, 2.05) is 62.3 Å². The molecule has 0 amide bonds. The Morgan fingerprint density at radius 1 is 0.853 bits per heavy atom. The molecule has 2 fully saturated rings. The maximum absolute atomic E-state index is 13.5. The lowest BCUT2D eigenvalue weighted by molar-refractivity contribution is -0.262. The summed E-state index contributed by atoms with van der Waals surface area (Å²) in [7, 11) is 0. The van der Waals surface area contributed by atoms with E-state index in [-0.39, 0.29) is 6.10 Å². The smallest absolute Gasteiger partial charge is 0.323 e. The Labute approximate surface area is 205 Å². The van der Waals surface area contributed by atoms with Gasteiger partial charge in [-0.1, -0.05) is 24.8 Å². The van der Waals surface area contributed by atoms with Gasteiger partial charge in [-0.15, -0.1) is 0 Å². The molecule has 0 saturated carbocycles. The summed E-state index contributed by atoms with van der Waals surface area (Å²) in [5, 5.41) is 22.0. The summed E-state index contributed by atoms with van der Waals surface area (Å²) in [6.45, 7) is 19.2. The number of ether oxygens (including phenoxy) is 2. The Kier molecular flexibility index (Phi) is 8.26. The standard InChI is InChI=1S/C26H48N2O6/c1-11-12-13-26(10,20(29)33-18-14-22(2,3)27(31)23(4,5)15-18)21(30)34-19-16-24(6,7)28(32)25(8,9)17-19/h18-19,31-32H,11-17H2,1-10H3/p+1. The van der Waals surface area contributed by atoms with Crippen LogP contribution in [-0.2, 0) is 19.1 Å². The minimum atomic E-state index is -1.40. The van der Waals surface area contributed by atoms with Gasteiger partial charge in [0.15, 0.2) is 5.41 Å². The van der Waals surface area contributed by atoms with Gasteiger partial charge in [-0.25, -0.2) is 0 Å². The minimum absolute atomic E-state index is 0.358. The summed E-state index contributed by atoms with van der Waals surface area (Å²) in [5.41, 5.74) is -3.43. The number of nitrogens with zero attached hydrogens (tertiary/aromatic N) is 2. The average molecular weight is 486 g/mol. The number of piperidine rings is 2. The average Bonchev–Trinajstić information content (AvgIpc) is 2.67. The second-order valence-corrected chi connectivity index (χ2v) is 13.2. The molecular formula is C26H49N2O6+. The zero-order chi connectivity index (χ0) is 26.3. The van der Waals surface area contributed by atoms with Crippen molar-refractivity contribution in [3.8, 4) is 0 Å². The van der Waals surface area contributed by atoms with Gasteiger partial charge in [0, 0.05) is 36.8 Å². The molecule has 0 aromatic carbocycles. The van der Waals surface area contributed by atoms with Gasteiger partial charge in [0.1, 0.15) is 12.2 Å². The lowest BCUT2D eigenvalue weighted by atomic mass is 9.79. The highest BCUT2D eigenvalue weighted by Gasteiger charge is 2.53. The first-order valence-corrected chi connectivity index (χ1v) is 12.7. The highest BCUT2D eigenvalue weighted by molar-refractivity contribution is 5.99. The molecule has 2 heterocycles. The SMILES string of the molecule is CCCCC(C)(C(=O)OC1CC(C)(C)N(O)C(C)(C)C1)C(=O)OC1CC(C)(C)N([OH2+])C(C)(C)C1. The van der Waals surface area contributed by atoms with Crippen molar-refractivity contribution in [1.82, 2.24) is 10.1 Å². The molecule has 8 heteroatoms. The van der Waals surface area contributed by atoms with E-state index >= 15 is 0 Å². The van der Waals surface area contributed by atoms with Crippen LogP contribution in [0.15, 0.2) is 0 Å². The minimum Gasteiger partial charge on any atom is -0.461 e. The van der Waals surface area contributed by atoms with Gasteiger partial charge in [0.25, 0.3) is 0 Å². The Morgan fingerprint density at radius 3 is 1.56 bits per heavy atom. The van der Waals surface area contributed by atoms with Crippen LogP contribution < -0.4 is 0 Å². The highest BCUT2D eigenvalue weighted by Crippen LogP contribution is 2.41. The zero-order valence-electron chi connectivity index (χ0n) is 23.1. The van der Waals surface area contributed by atoms with E-state index < -0.39 is 45.6 Å². The van der Waals surface area contributed by atoms with E-state index in [0.29, 0.717) is 38.5 Å². The Balaban J connectivity index is 2.21. The molecule has 0 aromatic heterocycles. The van der Waals surface area contributed by atoms with Crippen molar-refractivity contribution in [3.05, 3.63) is 0 Å². The molecule has 8 nitrogen and oxygen atoms in total. The van der Waals surface area contributed by atoms with E-state index in [0.717, 1.165) is 6.42 Å². The molecule has 34 heavy (non-hydrogen) atoms. The molecule has 2 saturated heterocycles. The normalized spacial score (nSPS) is 27.1. The fourth-order valence-electron chi connectivity index (χ4n) is 5.91. The lowest BCUT2D eigenvalue weighted by Gasteiger charge is -2.51. The number of unbranched alkanes of at least 4 members (excludes halogenated alkanes) is 1. The summed E-state index contributed by atoms with van der Waals surface area (Å²) in [4.78, 5) is 27.0. The fraction of sp³-hybridized carbons (Fsp3) is 0.923. The summed E-state index contributed by atoms with van der Waals surface area (Å²) >= 11 is 0. The van der Waals surface area contributed by atoms with Crippen LogP contribution in [0.4, 0.5) is 0 Å². The van der Waals surface area contributed by atoms with E-state index in [9.17, 15) is 14.8 Å². The third kappa shape index (κ3) is 5.94. The van der Waals surface area contributed by atoms with E-state index in [4.69, 9.17) is 14.7 Å². The molecule has 3 N–H and O–H groups in total. The van der Waals surface area contributed by atoms with Crippen LogP contribution in [0.1, 0.15) is 114 Å². The van der Waals surface area contributed by atoms with Gasteiger partial charge in [-0.3, -0.25) is 9.59 Å². The maximum atomic E-state index is 13.5. The first-order chi connectivity index (χ1) is 15.3. The Morgan fingerprint density at radius 2 is 1.21 bits per heavy atom. The van der Waals surface area contributed by atoms with Gasteiger partial charge in [-0.2, -0.15) is 5.06 Å². The number of esters is 2. The van der Waals surface area contributed by atoms with Crippen LogP contribution in [0.3, 0.4) is 0 Å². The van der Waals surface area contributed by atoms with Crippen LogP contribution >= 0.6 is 0 Å². The molecule has 2 rings (SSSR count). The highest BCUT2D eigenvalue weighted by atomic mass is 16.6. The van der Waals surface area contributed by atoms with Gasteiger partial charge in [0.2, 0.25) is 0 Å². The quantitative estimate of drug-likeness (QED) is 0.325. The van der Waals surface area contributed by atoms with E-state index in [2.05, 4.69) is 0 Å². The Bertz CT molecular complexity index is 668. The summed E-state index contributed by atoms with van der Waals surface area (Å²) < 4.78 is 12.0. The Hall–Kier alpha value is -1.22. The van der Waals surface area contributed by atoms with Crippen LogP contribution in [0.2, 0.25) is 0 Å². The van der Waals surface area contributed by atoms with Gasteiger partial charge >= 0.3 is 11.9 Å². The number of carbonyl (C=O) groups excluding carboxylic acids is 2. The molecular weight excluding hydrogens is 436 g/mol. The van der Waals surface area contributed by atoms with Crippen molar-refractivity contribution >= 4 is 11.9 Å². The van der Waals surface area contributed by atoms with Crippen LogP contribution in [-0.4, -0.2) is 66.8 Å². The lowest BCUT2D eigenvalue weighted by Crippen LogP contribution is -2.61. The first kappa shape index (κ1) is 29.0. The predicted molar refractivity (Wildman–Crippen MR) is 131 cm³/mol. The second kappa shape index (κ2) is 9.68. The van der Waals surface area contributed by atoms with Crippen molar-refractivity contribution in [3.63, 3.8) is 0 Å². The van der Waals surface area contributed by atoms with Crippen molar-refractivity contribution in [2.45, 2.75) is 149 Å². The van der Waals surface area contributed by atoms with Crippen LogP contribution in [0.25, 0.3) is 0 Å². The molecule has 2 aliphatic rings. The molecule has 1 unspecified atom stereocenters. The van der Waals surface area contributed by atoms with Crippen molar-refractivity contribution in [2.24, 2.45) is 5.41 Å². The molecule has 2 aliphatic heterocycles. The molecule has 0 bridgehead atoms.